The molecule has 1 N–H and O–H groups in total. The van der Waals surface area contributed by atoms with E-state index in [-0.39, 0.29) is 11.7 Å². The van der Waals surface area contributed by atoms with Crippen LogP contribution in [0.3, 0.4) is 0 Å². The Labute approximate surface area is 200 Å². The third-order valence-electron chi connectivity index (χ3n) is 5.66. The summed E-state index contributed by atoms with van der Waals surface area (Å²) in [6.45, 7) is 3.96. The largest absolute Gasteiger partial charge is 0.489 e. The van der Waals surface area contributed by atoms with Crippen LogP contribution in [0.25, 0.3) is 27.5 Å². The van der Waals surface area contributed by atoms with E-state index in [1.165, 1.54) is 10.9 Å². The number of para-hydroxylation sites is 3. The van der Waals surface area contributed by atoms with Crippen molar-refractivity contribution in [1.82, 2.24) is 14.5 Å². The molecule has 0 saturated carbocycles. The summed E-state index contributed by atoms with van der Waals surface area (Å²) in [5, 5.41) is 1.76. The van der Waals surface area contributed by atoms with Crippen molar-refractivity contribution in [3.05, 3.63) is 99.1 Å². The van der Waals surface area contributed by atoms with E-state index >= 15 is 0 Å². The maximum Gasteiger partial charge on any atom is 0.266 e. The van der Waals surface area contributed by atoms with E-state index in [0.29, 0.717) is 34.6 Å². The normalized spacial score (nSPS) is 11.5. The molecule has 0 spiro atoms. The van der Waals surface area contributed by atoms with Crippen LogP contribution in [0.1, 0.15) is 25.2 Å². The number of benzene rings is 3. The fraction of sp³-hybridized carbons (Fsp3) is 0.185. The van der Waals surface area contributed by atoms with Gasteiger partial charge in [0.1, 0.15) is 11.6 Å². The monoisotopic (exact) mass is 501 g/mol. The van der Waals surface area contributed by atoms with Gasteiger partial charge >= 0.3 is 0 Å². The van der Waals surface area contributed by atoms with Gasteiger partial charge < -0.3 is 9.72 Å². The van der Waals surface area contributed by atoms with Gasteiger partial charge in [0, 0.05) is 28.0 Å². The molecule has 0 radical (unpaired) electrons. The third-order valence-corrected chi connectivity index (χ3v) is 6.15. The SMILES string of the molecule is CC(C)Oc1ccccc1-n1c(CCc2c[nH]c3ccc(Br)cc23)nc2ccccc2c1=O. The molecular formula is C27H24BrN3O2. The molecule has 5 nitrogen and oxygen atoms in total. The lowest BCUT2D eigenvalue weighted by Crippen LogP contribution is -2.25. The maximum atomic E-state index is 13.7. The Morgan fingerprint density at radius 2 is 1.79 bits per heavy atom. The first-order valence-corrected chi connectivity index (χ1v) is 11.8. The Bertz CT molecular complexity index is 1520. The number of nitrogens with zero attached hydrogens (tertiary/aromatic N) is 2. The lowest BCUT2D eigenvalue weighted by atomic mass is 10.1. The molecule has 0 aliphatic heterocycles. The zero-order chi connectivity index (χ0) is 22.9. The van der Waals surface area contributed by atoms with Crippen LogP contribution in [0.2, 0.25) is 0 Å². The first-order chi connectivity index (χ1) is 16.0. The van der Waals surface area contributed by atoms with Crippen LogP contribution in [0.5, 0.6) is 5.75 Å². The molecule has 33 heavy (non-hydrogen) atoms. The number of fused-ring (bicyclic) bond motifs is 2. The van der Waals surface area contributed by atoms with Crippen LogP contribution in [0.4, 0.5) is 0 Å². The van der Waals surface area contributed by atoms with Crippen LogP contribution in [-0.2, 0) is 12.8 Å². The summed E-state index contributed by atoms with van der Waals surface area (Å²) in [6.07, 6.45) is 3.38. The smallest absolute Gasteiger partial charge is 0.266 e. The lowest BCUT2D eigenvalue weighted by Gasteiger charge is -2.18. The molecule has 0 atom stereocenters. The van der Waals surface area contributed by atoms with Crippen molar-refractivity contribution in [3.63, 3.8) is 0 Å². The molecule has 0 bridgehead atoms. The Hall–Kier alpha value is -3.38. The number of aromatic nitrogens is 3. The molecule has 0 aliphatic carbocycles. The zero-order valence-corrected chi connectivity index (χ0v) is 20.1. The van der Waals surface area contributed by atoms with Crippen LogP contribution >= 0.6 is 15.9 Å². The molecule has 166 valence electrons. The highest BCUT2D eigenvalue weighted by Gasteiger charge is 2.17. The first-order valence-electron chi connectivity index (χ1n) is 11.0. The quantitative estimate of drug-likeness (QED) is 0.301. The second kappa shape index (κ2) is 8.87. The van der Waals surface area contributed by atoms with E-state index < -0.39 is 0 Å². The Balaban J connectivity index is 1.64. The van der Waals surface area contributed by atoms with Crippen molar-refractivity contribution < 1.29 is 4.74 Å². The maximum absolute atomic E-state index is 13.7. The third kappa shape index (κ3) is 4.18. The van der Waals surface area contributed by atoms with E-state index in [9.17, 15) is 4.79 Å². The summed E-state index contributed by atoms with van der Waals surface area (Å²) < 4.78 is 8.80. The lowest BCUT2D eigenvalue weighted by molar-refractivity contribution is 0.241. The van der Waals surface area contributed by atoms with Crippen molar-refractivity contribution in [1.29, 1.82) is 0 Å². The molecule has 5 rings (SSSR count). The zero-order valence-electron chi connectivity index (χ0n) is 18.5. The Morgan fingerprint density at radius 1 is 1.00 bits per heavy atom. The average molecular weight is 502 g/mol. The second-order valence-electron chi connectivity index (χ2n) is 8.32. The highest BCUT2D eigenvalue weighted by Crippen LogP contribution is 2.27. The molecule has 3 aromatic carbocycles. The van der Waals surface area contributed by atoms with Crippen molar-refractivity contribution in [2.24, 2.45) is 0 Å². The summed E-state index contributed by atoms with van der Waals surface area (Å²) in [4.78, 5) is 21.9. The summed E-state index contributed by atoms with van der Waals surface area (Å²) in [7, 11) is 0. The Kier molecular flexibility index (Phi) is 5.77. The minimum absolute atomic E-state index is 0.0108. The van der Waals surface area contributed by atoms with Gasteiger partial charge in [-0.1, -0.05) is 40.2 Å². The number of nitrogens with one attached hydrogen (secondary N) is 1. The highest BCUT2D eigenvalue weighted by atomic mass is 79.9. The number of hydrogen-bond donors (Lipinski definition) is 1. The minimum Gasteiger partial charge on any atom is -0.489 e. The number of ether oxygens (including phenoxy) is 1. The van der Waals surface area contributed by atoms with Crippen molar-refractivity contribution in [2.45, 2.75) is 32.8 Å². The van der Waals surface area contributed by atoms with Gasteiger partial charge in [-0.25, -0.2) is 4.98 Å². The van der Waals surface area contributed by atoms with E-state index in [2.05, 4.69) is 33.0 Å². The van der Waals surface area contributed by atoms with Crippen molar-refractivity contribution in [3.8, 4) is 11.4 Å². The van der Waals surface area contributed by atoms with Gasteiger partial charge in [-0.15, -0.1) is 0 Å². The molecule has 5 aromatic rings. The fourth-order valence-corrected chi connectivity index (χ4v) is 4.56. The molecule has 0 aliphatic rings. The second-order valence-corrected chi connectivity index (χ2v) is 9.24. The van der Waals surface area contributed by atoms with Crippen LogP contribution < -0.4 is 10.3 Å². The predicted molar refractivity (Wildman–Crippen MR) is 137 cm³/mol. The van der Waals surface area contributed by atoms with Gasteiger partial charge in [-0.2, -0.15) is 0 Å². The van der Waals surface area contributed by atoms with Gasteiger partial charge in [0.25, 0.3) is 5.56 Å². The number of hydrogen-bond acceptors (Lipinski definition) is 3. The predicted octanol–water partition coefficient (Wildman–Crippen LogP) is 6.20. The fourth-order valence-electron chi connectivity index (χ4n) is 4.19. The van der Waals surface area contributed by atoms with Crippen molar-refractivity contribution in [2.75, 3.05) is 0 Å². The molecule has 2 aromatic heterocycles. The van der Waals surface area contributed by atoms with Crippen LogP contribution in [-0.4, -0.2) is 20.6 Å². The first kappa shape index (κ1) is 21.5. The molecule has 0 amide bonds. The summed E-state index contributed by atoms with van der Waals surface area (Å²) in [5.74, 6) is 1.38. The number of aryl methyl sites for hydroxylation is 2. The van der Waals surface area contributed by atoms with E-state index in [1.54, 1.807) is 4.57 Å². The van der Waals surface area contributed by atoms with Gasteiger partial charge in [0.2, 0.25) is 0 Å². The van der Waals surface area contributed by atoms with Gasteiger partial charge in [0.15, 0.2) is 0 Å². The summed E-state index contributed by atoms with van der Waals surface area (Å²) in [5.41, 5.74) is 3.61. The highest BCUT2D eigenvalue weighted by molar-refractivity contribution is 9.10. The minimum atomic E-state index is -0.0860. The van der Waals surface area contributed by atoms with Crippen molar-refractivity contribution >= 4 is 37.7 Å². The molecular weight excluding hydrogens is 478 g/mol. The molecule has 0 saturated heterocycles. The van der Waals surface area contributed by atoms with Gasteiger partial charge in [-0.3, -0.25) is 9.36 Å². The number of H-pyrrole nitrogens is 1. The molecule has 6 heteroatoms. The number of halogens is 1. The van der Waals surface area contributed by atoms with E-state index in [4.69, 9.17) is 9.72 Å². The van der Waals surface area contributed by atoms with Gasteiger partial charge in [-0.05, 0) is 68.3 Å². The van der Waals surface area contributed by atoms with E-state index in [0.717, 1.165) is 16.4 Å². The summed E-state index contributed by atoms with van der Waals surface area (Å²) >= 11 is 3.57. The topological polar surface area (TPSA) is 59.9 Å². The Morgan fingerprint density at radius 3 is 2.64 bits per heavy atom. The standard InChI is InChI=1S/C27H24BrN3O2/c1-17(2)33-25-10-6-5-9-24(25)31-26(30-23-8-4-3-7-20(23)27(31)32)14-11-18-16-29-22-13-12-19(28)15-21(18)22/h3-10,12-13,15-17,29H,11,14H2,1-2H3. The van der Waals surface area contributed by atoms with E-state index in [1.807, 2.05) is 74.6 Å². The van der Waals surface area contributed by atoms with Crippen LogP contribution in [0, 0.1) is 0 Å². The van der Waals surface area contributed by atoms with Gasteiger partial charge in [0.05, 0.1) is 22.7 Å². The number of rotatable bonds is 6. The van der Waals surface area contributed by atoms with Crippen LogP contribution in [0.15, 0.2) is 82.2 Å². The molecule has 0 unspecified atom stereocenters. The summed E-state index contributed by atoms with van der Waals surface area (Å²) in [6, 6.07) is 21.4. The number of aromatic amines is 1. The average Bonchev–Trinajstić information content (AvgIpc) is 3.20. The molecule has 0 fully saturated rings. The molecule has 2 heterocycles.